The Morgan fingerprint density at radius 1 is 1.36 bits per heavy atom. The number of hydrogen-bond donors (Lipinski definition) is 1. The van der Waals surface area contributed by atoms with E-state index >= 15 is 0 Å². The number of carbonyl (C=O) groups excluding carboxylic acids is 1. The van der Waals surface area contributed by atoms with Crippen LogP contribution in [0.2, 0.25) is 0 Å². The summed E-state index contributed by atoms with van der Waals surface area (Å²) in [6, 6.07) is 6.41. The van der Waals surface area contributed by atoms with Gasteiger partial charge >= 0.3 is 0 Å². The van der Waals surface area contributed by atoms with Crippen molar-refractivity contribution in [1.29, 1.82) is 0 Å². The molecule has 1 atom stereocenters. The predicted octanol–water partition coefficient (Wildman–Crippen LogP) is 3.69. The highest BCUT2D eigenvalue weighted by molar-refractivity contribution is 6.00. The second kappa shape index (κ2) is 4.80. The van der Waals surface area contributed by atoms with Gasteiger partial charge in [0.2, 0.25) is 5.88 Å². The normalized spacial score (nSPS) is 20.5. The number of nitrogens with one attached hydrogen (secondary N) is 1. The minimum absolute atomic E-state index is 0.120. The number of aryl methyl sites for hydroxylation is 1. The van der Waals surface area contributed by atoms with Gasteiger partial charge in [0.25, 0.3) is 0 Å². The highest BCUT2D eigenvalue weighted by Crippen LogP contribution is 2.46. The average molecular weight is 298 g/mol. The first-order valence-corrected chi connectivity index (χ1v) is 7.40. The lowest BCUT2D eigenvalue weighted by molar-refractivity contribution is -0.116. The number of fused-ring (bicyclic) bond motifs is 1. The van der Waals surface area contributed by atoms with E-state index in [0.717, 1.165) is 40.9 Å². The SMILES string of the molecule is Cc1noc2c1C(c1cccc(F)c1)C1=C(CCCC1=O)N2. The smallest absolute Gasteiger partial charge is 0.233 e. The quantitative estimate of drug-likeness (QED) is 0.872. The van der Waals surface area contributed by atoms with Gasteiger partial charge in [-0.3, -0.25) is 4.79 Å². The number of Topliss-reactive ketones (excluding diaryl/α,β-unsaturated/α-hetero) is 1. The highest BCUT2D eigenvalue weighted by Gasteiger charge is 2.38. The van der Waals surface area contributed by atoms with E-state index in [9.17, 15) is 9.18 Å². The zero-order valence-corrected chi connectivity index (χ0v) is 12.1. The number of anilines is 1. The van der Waals surface area contributed by atoms with Crippen LogP contribution >= 0.6 is 0 Å². The molecule has 0 saturated heterocycles. The van der Waals surface area contributed by atoms with E-state index in [-0.39, 0.29) is 17.5 Å². The number of rotatable bonds is 1. The van der Waals surface area contributed by atoms with Crippen molar-refractivity contribution in [2.75, 3.05) is 5.32 Å². The lowest BCUT2D eigenvalue weighted by Crippen LogP contribution is -2.26. The fourth-order valence-electron chi connectivity index (χ4n) is 3.44. The summed E-state index contributed by atoms with van der Waals surface area (Å²) in [5.41, 5.74) is 3.93. The van der Waals surface area contributed by atoms with Gasteiger partial charge in [-0.15, -0.1) is 0 Å². The third kappa shape index (κ3) is 1.89. The lowest BCUT2D eigenvalue weighted by atomic mass is 9.76. The first-order valence-electron chi connectivity index (χ1n) is 7.40. The Morgan fingerprint density at radius 2 is 2.23 bits per heavy atom. The Hall–Kier alpha value is -2.43. The van der Waals surface area contributed by atoms with Crippen LogP contribution in [0.3, 0.4) is 0 Å². The molecule has 2 aromatic rings. The van der Waals surface area contributed by atoms with E-state index in [1.165, 1.54) is 12.1 Å². The van der Waals surface area contributed by atoms with Gasteiger partial charge in [-0.05, 0) is 37.5 Å². The molecule has 1 aromatic carbocycles. The molecule has 0 amide bonds. The van der Waals surface area contributed by atoms with Crippen molar-refractivity contribution in [3.63, 3.8) is 0 Å². The van der Waals surface area contributed by atoms with Gasteiger partial charge in [0.15, 0.2) is 5.78 Å². The summed E-state index contributed by atoms with van der Waals surface area (Å²) in [4.78, 5) is 12.5. The summed E-state index contributed by atoms with van der Waals surface area (Å²) >= 11 is 0. The fourth-order valence-corrected chi connectivity index (χ4v) is 3.44. The molecule has 4 rings (SSSR count). The molecule has 0 fully saturated rings. The van der Waals surface area contributed by atoms with Crippen LogP contribution in [-0.4, -0.2) is 10.9 Å². The van der Waals surface area contributed by atoms with E-state index in [2.05, 4.69) is 10.5 Å². The third-order valence-electron chi connectivity index (χ3n) is 4.39. The van der Waals surface area contributed by atoms with Crippen molar-refractivity contribution < 1.29 is 13.7 Å². The minimum Gasteiger partial charge on any atom is -0.338 e. The maximum Gasteiger partial charge on any atom is 0.233 e. The molecule has 1 aromatic heterocycles. The number of hydrogen-bond acceptors (Lipinski definition) is 4. The summed E-state index contributed by atoms with van der Waals surface area (Å²) in [5, 5.41) is 7.21. The molecule has 0 saturated carbocycles. The van der Waals surface area contributed by atoms with E-state index < -0.39 is 0 Å². The lowest BCUT2D eigenvalue weighted by Gasteiger charge is -2.31. The Labute approximate surface area is 127 Å². The van der Waals surface area contributed by atoms with Gasteiger partial charge in [0.05, 0.1) is 11.3 Å². The topological polar surface area (TPSA) is 55.1 Å². The number of aromatic nitrogens is 1. The van der Waals surface area contributed by atoms with Crippen LogP contribution in [0.5, 0.6) is 0 Å². The summed E-state index contributed by atoms with van der Waals surface area (Å²) < 4.78 is 19.0. The van der Waals surface area contributed by atoms with E-state index in [1.54, 1.807) is 6.07 Å². The maximum atomic E-state index is 13.7. The molecule has 1 unspecified atom stereocenters. The van der Waals surface area contributed by atoms with Crippen molar-refractivity contribution >= 4 is 11.7 Å². The van der Waals surface area contributed by atoms with Gasteiger partial charge in [0, 0.05) is 23.6 Å². The number of halogens is 1. The first-order chi connectivity index (χ1) is 10.6. The number of benzene rings is 1. The zero-order valence-electron chi connectivity index (χ0n) is 12.1. The van der Waals surface area contributed by atoms with Gasteiger partial charge < -0.3 is 9.84 Å². The van der Waals surface area contributed by atoms with E-state index in [1.807, 2.05) is 13.0 Å². The van der Waals surface area contributed by atoms with Crippen molar-refractivity contribution in [1.82, 2.24) is 5.16 Å². The molecule has 4 nitrogen and oxygen atoms in total. The Kier molecular flexibility index (Phi) is 2.89. The molecular formula is C17H15FN2O2. The number of carbonyl (C=O) groups is 1. The van der Waals surface area contributed by atoms with E-state index in [4.69, 9.17) is 4.52 Å². The van der Waals surface area contributed by atoms with Crippen molar-refractivity contribution in [3.8, 4) is 0 Å². The Balaban J connectivity index is 1.96. The summed E-state index contributed by atoms with van der Waals surface area (Å²) in [6.45, 7) is 1.84. The van der Waals surface area contributed by atoms with Crippen LogP contribution in [0.4, 0.5) is 10.3 Å². The first kappa shape index (κ1) is 13.2. The molecule has 0 bridgehead atoms. The minimum atomic E-state index is -0.308. The molecule has 22 heavy (non-hydrogen) atoms. The largest absolute Gasteiger partial charge is 0.338 e. The zero-order chi connectivity index (χ0) is 15.3. The van der Waals surface area contributed by atoms with Crippen LogP contribution in [0, 0.1) is 12.7 Å². The number of nitrogens with zero attached hydrogens (tertiary/aromatic N) is 1. The summed E-state index contributed by atoms with van der Waals surface area (Å²) in [5.74, 6) is 0.0765. The van der Waals surface area contributed by atoms with E-state index in [0.29, 0.717) is 12.3 Å². The fraction of sp³-hybridized carbons (Fsp3) is 0.294. The molecule has 112 valence electrons. The maximum absolute atomic E-state index is 13.7. The average Bonchev–Trinajstić information content (AvgIpc) is 2.87. The molecular weight excluding hydrogens is 283 g/mol. The van der Waals surface area contributed by atoms with Crippen LogP contribution in [0.1, 0.15) is 42.0 Å². The second-order valence-electron chi connectivity index (χ2n) is 5.79. The Morgan fingerprint density at radius 3 is 3.05 bits per heavy atom. The summed E-state index contributed by atoms with van der Waals surface area (Å²) in [6.07, 6.45) is 2.15. The molecule has 1 aliphatic carbocycles. The molecule has 1 aliphatic heterocycles. The molecule has 2 heterocycles. The van der Waals surface area contributed by atoms with Crippen LogP contribution in [0.15, 0.2) is 40.1 Å². The molecule has 1 N–H and O–H groups in total. The standard InChI is InChI=1S/C17H15FN2O2/c1-9-14-15(10-4-2-5-11(18)8-10)16-12(6-3-7-13(16)21)19-17(14)22-20-9/h2,4-5,8,15,19H,3,6-7H2,1H3. The molecule has 0 spiro atoms. The van der Waals surface area contributed by atoms with Gasteiger partial charge in [-0.25, -0.2) is 4.39 Å². The van der Waals surface area contributed by atoms with Crippen LogP contribution in [-0.2, 0) is 4.79 Å². The summed E-state index contributed by atoms with van der Waals surface area (Å²) in [7, 11) is 0. The highest BCUT2D eigenvalue weighted by atomic mass is 19.1. The van der Waals surface area contributed by atoms with Crippen LogP contribution < -0.4 is 5.32 Å². The van der Waals surface area contributed by atoms with Crippen molar-refractivity contribution in [3.05, 3.63) is 58.2 Å². The van der Waals surface area contributed by atoms with Crippen molar-refractivity contribution in [2.45, 2.75) is 32.1 Å². The van der Waals surface area contributed by atoms with Crippen molar-refractivity contribution in [2.24, 2.45) is 0 Å². The number of ketones is 1. The van der Waals surface area contributed by atoms with Gasteiger partial charge in [-0.1, -0.05) is 17.3 Å². The third-order valence-corrected chi connectivity index (χ3v) is 4.39. The number of allylic oxidation sites excluding steroid dienone is 2. The molecule has 5 heteroatoms. The molecule has 2 aliphatic rings. The van der Waals surface area contributed by atoms with Gasteiger partial charge in [0.1, 0.15) is 5.82 Å². The van der Waals surface area contributed by atoms with Crippen LogP contribution in [0.25, 0.3) is 0 Å². The van der Waals surface area contributed by atoms with Gasteiger partial charge in [-0.2, -0.15) is 0 Å². The second-order valence-corrected chi connectivity index (χ2v) is 5.79. The Bertz CT molecular complexity index is 807. The monoisotopic (exact) mass is 298 g/mol. The molecule has 0 radical (unpaired) electrons. The predicted molar refractivity (Wildman–Crippen MR) is 79.0 cm³/mol.